The first kappa shape index (κ1) is 16.9. The molecule has 128 valence electrons. The maximum atomic E-state index is 13.7. The van der Waals surface area contributed by atoms with E-state index in [1.807, 2.05) is 38.1 Å². The Balaban J connectivity index is 1.81. The first-order chi connectivity index (χ1) is 12.1. The van der Waals surface area contributed by atoms with Crippen molar-refractivity contribution in [2.75, 3.05) is 0 Å². The van der Waals surface area contributed by atoms with Crippen LogP contribution in [0.5, 0.6) is 0 Å². The summed E-state index contributed by atoms with van der Waals surface area (Å²) in [5.41, 5.74) is 3.88. The summed E-state index contributed by atoms with van der Waals surface area (Å²) < 4.78 is 15.5. The van der Waals surface area contributed by atoms with Crippen LogP contribution in [0.15, 0.2) is 54.7 Å². The Hall–Kier alpha value is -2.95. The summed E-state index contributed by atoms with van der Waals surface area (Å²) >= 11 is 0. The van der Waals surface area contributed by atoms with Crippen LogP contribution in [0, 0.1) is 12.7 Å². The third-order valence-electron chi connectivity index (χ3n) is 4.12. The molecule has 1 N–H and O–H groups in total. The van der Waals surface area contributed by atoms with Gasteiger partial charge in [-0.15, -0.1) is 0 Å². The van der Waals surface area contributed by atoms with Crippen LogP contribution in [0.1, 0.15) is 34.1 Å². The molecule has 3 rings (SSSR count). The van der Waals surface area contributed by atoms with Crippen LogP contribution < -0.4 is 5.32 Å². The number of carbonyl (C=O) groups excluding carboxylic acids is 1. The lowest BCUT2D eigenvalue weighted by atomic mass is 10.1. The number of nitrogens with one attached hydrogen (secondary N) is 1. The molecular weight excluding hydrogens is 317 g/mol. The molecule has 0 aliphatic carbocycles. The number of nitrogens with zero attached hydrogens (tertiary/aromatic N) is 2. The number of carbonyl (C=O) groups is 1. The minimum absolute atomic E-state index is 0.143. The van der Waals surface area contributed by atoms with Gasteiger partial charge >= 0.3 is 0 Å². The number of halogens is 1. The van der Waals surface area contributed by atoms with E-state index in [0.717, 1.165) is 16.9 Å². The average molecular weight is 337 g/mol. The van der Waals surface area contributed by atoms with E-state index >= 15 is 0 Å². The van der Waals surface area contributed by atoms with Crippen molar-refractivity contribution in [1.82, 2.24) is 15.1 Å². The normalized spacial score (nSPS) is 10.7. The van der Waals surface area contributed by atoms with Gasteiger partial charge in [0.2, 0.25) is 0 Å². The lowest BCUT2D eigenvalue weighted by Gasteiger charge is -2.09. The van der Waals surface area contributed by atoms with Gasteiger partial charge < -0.3 is 5.32 Å². The van der Waals surface area contributed by atoms with Crippen molar-refractivity contribution in [2.45, 2.75) is 26.8 Å². The van der Waals surface area contributed by atoms with Crippen molar-refractivity contribution in [3.05, 3.63) is 82.9 Å². The number of rotatable bonds is 5. The largest absolute Gasteiger partial charge is 0.348 e. The van der Waals surface area contributed by atoms with Crippen LogP contribution in [0.25, 0.3) is 5.69 Å². The Morgan fingerprint density at radius 1 is 1.16 bits per heavy atom. The van der Waals surface area contributed by atoms with E-state index in [9.17, 15) is 9.18 Å². The van der Waals surface area contributed by atoms with Crippen LogP contribution in [-0.2, 0) is 13.0 Å². The minimum Gasteiger partial charge on any atom is -0.348 e. The van der Waals surface area contributed by atoms with Crippen LogP contribution in [0.2, 0.25) is 0 Å². The molecule has 0 fully saturated rings. The summed E-state index contributed by atoms with van der Waals surface area (Å²) in [5, 5.41) is 7.13. The smallest absolute Gasteiger partial charge is 0.255 e. The quantitative estimate of drug-likeness (QED) is 0.769. The zero-order chi connectivity index (χ0) is 17.8. The van der Waals surface area contributed by atoms with Crippen molar-refractivity contribution in [1.29, 1.82) is 0 Å². The second kappa shape index (κ2) is 7.30. The SMILES string of the molecule is CCc1c(C(=O)NCc2ccccc2F)cnn1-c1ccc(C)cc1. The van der Waals surface area contributed by atoms with Gasteiger partial charge in [0.25, 0.3) is 5.91 Å². The molecule has 3 aromatic rings. The zero-order valence-electron chi connectivity index (χ0n) is 14.3. The zero-order valence-corrected chi connectivity index (χ0v) is 14.3. The first-order valence-electron chi connectivity index (χ1n) is 8.25. The Bertz CT molecular complexity index is 884. The van der Waals surface area contributed by atoms with Crippen molar-refractivity contribution in [3.8, 4) is 5.69 Å². The van der Waals surface area contributed by atoms with Crippen LogP contribution in [-0.4, -0.2) is 15.7 Å². The predicted octanol–water partition coefficient (Wildman–Crippen LogP) is 3.81. The molecule has 0 unspecified atom stereocenters. The monoisotopic (exact) mass is 337 g/mol. The first-order valence-corrected chi connectivity index (χ1v) is 8.25. The van der Waals surface area contributed by atoms with E-state index < -0.39 is 0 Å². The van der Waals surface area contributed by atoms with E-state index in [-0.39, 0.29) is 18.3 Å². The highest BCUT2D eigenvalue weighted by Gasteiger charge is 2.17. The molecule has 0 aliphatic heterocycles. The second-order valence-corrected chi connectivity index (χ2v) is 5.88. The number of benzene rings is 2. The molecule has 1 aromatic heterocycles. The van der Waals surface area contributed by atoms with Crippen molar-refractivity contribution in [2.24, 2.45) is 0 Å². The van der Waals surface area contributed by atoms with Gasteiger partial charge in [-0.2, -0.15) is 5.10 Å². The van der Waals surface area contributed by atoms with Gasteiger partial charge in [-0.3, -0.25) is 4.79 Å². The van der Waals surface area contributed by atoms with Gasteiger partial charge in [0.05, 0.1) is 23.1 Å². The molecule has 1 amide bonds. The Kier molecular flexibility index (Phi) is 4.93. The van der Waals surface area contributed by atoms with Gasteiger partial charge in [-0.25, -0.2) is 9.07 Å². The number of aryl methyl sites for hydroxylation is 1. The van der Waals surface area contributed by atoms with Crippen molar-refractivity contribution in [3.63, 3.8) is 0 Å². The fourth-order valence-electron chi connectivity index (χ4n) is 2.72. The summed E-state index contributed by atoms with van der Waals surface area (Å²) in [6.45, 7) is 4.15. The molecule has 0 saturated heterocycles. The molecular formula is C20H20FN3O. The molecule has 0 spiro atoms. The Labute approximate surface area is 146 Å². The molecule has 4 nitrogen and oxygen atoms in total. The molecule has 0 radical (unpaired) electrons. The Morgan fingerprint density at radius 2 is 1.88 bits per heavy atom. The van der Waals surface area contributed by atoms with Crippen LogP contribution in [0.4, 0.5) is 4.39 Å². The molecule has 1 heterocycles. The van der Waals surface area contributed by atoms with Gasteiger partial charge in [-0.05, 0) is 31.5 Å². The highest BCUT2D eigenvalue weighted by Crippen LogP contribution is 2.17. The highest BCUT2D eigenvalue weighted by atomic mass is 19.1. The van der Waals surface area contributed by atoms with E-state index in [0.29, 0.717) is 17.5 Å². The van der Waals surface area contributed by atoms with Gasteiger partial charge in [0, 0.05) is 12.1 Å². The lowest BCUT2D eigenvalue weighted by Crippen LogP contribution is -2.24. The molecule has 0 atom stereocenters. The van der Waals surface area contributed by atoms with E-state index in [1.165, 1.54) is 6.07 Å². The number of amides is 1. The topological polar surface area (TPSA) is 46.9 Å². The van der Waals surface area contributed by atoms with E-state index in [1.54, 1.807) is 29.1 Å². The van der Waals surface area contributed by atoms with E-state index in [4.69, 9.17) is 0 Å². The summed E-state index contributed by atoms with van der Waals surface area (Å²) in [6, 6.07) is 14.4. The summed E-state index contributed by atoms with van der Waals surface area (Å²) in [5.74, 6) is -0.577. The summed E-state index contributed by atoms with van der Waals surface area (Å²) in [6.07, 6.45) is 2.23. The standard InChI is InChI=1S/C20H20FN3O/c1-3-19-17(13-23-24(19)16-10-8-14(2)9-11-16)20(25)22-12-15-6-4-5-7-18(15)21/h4-11,13H,3,12H2,1-2H3,(H,22,25). The van der Waals surface area contributed by atoms with Crippen molar-refractivity contribution < 1.29 is 9.18 Å². The molecule has 0 aliphatic rings. The minimum atomic E-state index is -0.325. The van der Waals surface area contributed by atoms with Gasteiger partial charge in [0.15, 0.2) is 0 Å². The summed E-state index contributed by atoms with van der Waals surface area (Å²) in [4.78, 5) is 12.5. The molecule has 2 aromatic carbocycles. The third kappa shape index (κ3) is 3.60. The van der Waals surface area contributed by atoms with Crippen LogP contribution in [0.3, 0.4) is 0 Å². The van der Waals surface area contributed by atoms with Crippen LogP contribution >= 0.6 is 0 Å². The van der Waals surface area contributed by atoms with Gasteiger partial charge in [0.1, 0.15) is 5.82 Å². The molecule has 25 heavy (non-hydrogen) atoms. The molecule has 0 saturated carbocycles. The molecule has 0 bridgehead atoms. The highest BCUT2D eigenvalue weighted by molar-refractivity contribution is 5.95. The molecule has 5 heteroatoms. The second-order valence-electron chi connectivity index (χ2n) is 5.88. The fraction of sp³-hybridized carbons (Fsp3) is 0.200. The third-order valence-corrected chi connectivity index (χ3v) is 4.12. The maximum Gasteiger partial charge on any atom is 0.255 e. The number of hydrogen-bond acceptors (Lipinski definition) is 2. The van der Waals surface area contributed by atoms with E-state index in [2.05, 4.69) is 10.4 Å². The summed E-state index contributed by atoms with van der Waals surface area (Å²) in [7, 11) is 0. The lowest BCUT2D eigenvalue weighted by molar-refractivity contribution is 0.0949. The number of hydrogen-bond donors (Lipinski definition) is 1. The number of aromatic nitrogens is 2. The Morgan fingerprint density at radius 3 is 2.56 bits per heavy atom. The predicted molar refractivity (Wildman–Crippen MR) is 95.2 cm³/mol. The average Bonchev–Trinajstić information content (AvgIpc) is 3.05. The van der Waals surface area contributed by atoms with Crippen molar-refractivity contribution >= 4 is 5.91 Å². The maximum absolute atomic E-state index is 13.7. The van der Waals surface area contributed by atoms with Gasteiger partial charge in [-0.1, -0.05) is 42.8 Å². The fourth-order valence-corrected chi connectivity index (χ4v) is 2.72.